The van der Waals surface area contributed by atoms with Crippen LogP contribution < -0.4 is 10.4 Å². The maximum Gasteiger partial charge on any atom is 0.355 e. The Hall–Kier alpha value is -2.30. The molecule has 0 aliphatic rings. The number of rotatable bonds is 4. The Kier molecular flexibility index (Phi) is 4.00. The second-order valence-electron chi connectivity index (χ2n) is 4.43. The standard InChI is InChI=1S/C11H11F3N4O3S/c1-6-15-18(11(19)17(6)10(13)14)9-4-3-7(5-8(9)12)16-22(2,20)21/h3-5,10,16H,1-2H3. The molecular weight excluding hydrogens is 325 g/mol. The highest BCUT2D eigenvalue weighted by Gasteiger charge is 2.20. The summed E-state index contributed by atoms with van der Waals surface area (Å²) in [4.78, 5) is 11.8. The molecular formula is C11H11F3N4O3S. The van der Waals surface area contributed by atoms with Crippen molar-refractivity contribution in [3.8, 4) is 5.69 Å². The number of sulfonamides is 1. The molecule has 1 aromatic carbocycles. The van der Waals surface area contributed by atoms with Crippen molar-refractivity contribution in [3.05, 3.63) is 40.3 Å². The fourth-order valence-electron chi connectivity index (χ4n) is 1.81. The number of aromatic nitrogens is 3. The molecule has 0 unspecified atom stereocenters. The SMILES string of the molecule is Cc1nn(-c2ccc(NS(C)(=O)=O)cc2F)c(=O)n1C(F)F. The minimum Gasteiger partial charge on any atom is -0.284 e. The van der Waals surface area contributed by atoms with E-state index in [1.54, 1.807) is 0 Å². The molecule has 0 fully saturated rings. The van der Waals surface area contributed by atoms with Gasteiger partial charge in [0.1, 0.15) is 11.5 Å². The first-order valence-electron chi connectivity index (χ1n) is 5.84. The predicted octanol–water partition coefficient (Wildman–Crippen LogP) is 1.25. The Morgan fingerprint density at radius 2 is 1.95 bits per heavy atom. The van der Waals surface area contributed by atoms with Crippen LogP contribution in [0.5, 0.6) is 0 Å². The summed E-state index contributed by atoms with van der Waals surface area (Å²) in [7, 11) is -3.60. The molecule has 0 aliphatic carbocycles. The van der Waals surface area contributed by atoms with Gasteiger partial charge in [-0.05, 0) is 19.1 Å². The highest BCUT2D eigenvalue weighted by Crippen LogP contribution is 2.18. The molecule has 120 valence electrons. The molecule has 1 N–H and O–H groups in total. The van der Waals surface area contributed by atoms with Gasteiger partial charge in [-0.1, -0.05) is 0 Å². The van der Waals surface area contributed by atoms with Crippen LogP contribution in [0.3, 0.4) is 0 Å². The summed E-state index contributed by atoms with van der Waals surface area (Å²) in [5.74, 6) is -1.27. The zero-order valence-electron chi connectivity index (χ0n) is 11.4. The van der Waals surface area contributed by atoms with Crippen LogP contribution in [0.15, 0.2) is 23.0 Å². The second-order valence-corrected chi connectivity index (χ2v) is 6.18. The van der Waals surface area contributed by atoms with Crippen molar-refractivity contribution >= 4 is 15.7 Å². The summed E-state index contributed by atoms with van der Waals surface area (Å²) >= 11 is 0. The predicted molar refractivity (Wildman–Crippen MR) is 72.2 cm³/mol. The quantitative estimate of drug-likeness (QED) is 0.910. The van der Waals surface area contributed by atoms with Gasteiger partial charge in [0.25, 0.3) is 0 Å². The molecule has 0 spiro atoms. The summed E-state index contributed by atoms with van der Waals surface area (Å²) in [6.45, 7) is -1.92. The first kappa shape index (κ1) is 16.1. The number of alkyl halides is 2. The monoisotopic (exact) mass is 336 g/mol. The van der Waals surface area contributed by atoms with Crippen LogP contribution in [0.25, 0.3) is 5.69 Å². The van der Waals surface area contributed by atoms with Gasteiger partial charge in [-0.15, -0.1) is 5.10 Å². The Labute approximate surface area is 123 Å². The van der Waals surface area contributed by atoms with Gasteiger partial charge >= 0.3 is 12.2 Å². The van der Waals surface area contributed by atoms with E-state index in [-0.39, 0.29) is 21.8 Å². The lowest BCUT2D eigenvalue weighted by molar-refractivity contribution is 0.0640. The van der Waals surface area contributed by atoms with Crippen LogP contribution in [-0.2, 0) is 10.0 Å². The number of nitrogens with one attached hydrogen (secondary N) is 1. The van der Waals surface area contributed by atoms with Crippen LogP contribution in [0, 0.1) is 12.7 Å². The van der Waals surface area contributed by atoms with E-state index in [1.165, 1.54) is 13.0 Å². The second kappa shape index (κ2) is 5.48. The van der Waals surface area contributed by atoms with Gasteiger partial charge in [0.2, 0.25) is 10.0 Å². The average Bonchev–Trinajstić information content (AvgIpc) is 2.62. The van der Waals surface area contributed by atoms with Gasteiger partial charge in [-0.25, -0.2) is 22.2 Å². The third kappa shape index (κ3) is 3.13. The highest BCUT2D eigenvalue weighted by atomic mass is 32.2. The molecule has 0 aliphatic heterocycles. The number of benzene rings is 1. The summed E-state index contributed by atoms with van der Waals surface area (Å²) in [6.07, 6.45) is 0.886. The lowest BCUT2D eigenvalue weighted by atomic mass is 10.3. The van der Waals surface area contributed by atoms with Gasteiger partial charge in [0.15, 0.2) is 5.82 Å². The lowest BCUT2D eigenvalue weighted by Crippen LogP contribution is -2.25. The zero-order chi connectivity index (χ0) is 16.7. The van der Waals surface area contributed by atoms with Crippen molar-refractivity contribution in [3.63, 3.8) is 0 Å². The topological polar surface area (TPSA) is 86.0 Å². The number of nitrogens with zero attached hydrogens (tertiary/aromatic N) is 3. The number of aryl methyl sites for hydroxylation is 1. The van der Waals surface area contributed by atoms with Gasteiger partial charge in [-0.3, -0.25) is 4.72 Å². The number of hydrogen-bond acceptors (Lipinski definition) is 4. The van der Waals surface area contributed by atoms with E-state index in [9.17, 15) is 26.4 Å². The van der Waals surface area contributed by atoms with Gasteiger partial charge in [0, 0.05) is 6.07 Å². The molecule has 22 heavy (non-hydrogen) atoms. The van der Waals surface area contributed by atoms with Crippen LogP contribution in [-0.4, -0.2) is 29.0 Å². The molecule has 0 atom stereocenters. The molecule has 0 bridgehead atoms. The Balaban J connectivity index is 2.51. The maximum atomic E-state index is 14.0. The molecule has 2 aromatic rings. The van der Waals surface area contributed by atoms with E-state index in [0.717, 1.165) is 18.4 Å². The van der Waals surface area contributed by atoms with Crippen LogP contribution in [0.1, 0.15) is 12.4 Å². The highest BCUT2D eigenvalue weighted by molar-refractivity contribution is 7.92. The van der Waals surface area contributed by atoms with E-state index in [0.29, 0.717) is 4.68 Å². The number of hydrogen-bond donors (Lipinski definition) is 1. The minimum atomic E-state index is -3.60. The van der Waals surface area contributed by atoms with Crippen molar-refractivity contribution in [1.82, 2.24) is 14.3 Å². The Morgan fingerprint density at radius 3 is 2.41 bits per heavy atom. The Bertz CT molecular complexity index is 873. The van der Waals surface area contributed by atoms with E-state index >= 15 is 0 Å². The van der Waals surface area contributed by atoms with E-state index in [2.05, 4.69) is 5.10 Å². The molecule has 1 heterocycles. The third-order valence-corrected chi connectivity index (χ3v) is 3.26. The summed E-state index contributed by atoms with van der Waals surface area (Å²) < 4.78 is 64.2. The van der Waals surface area contributed by atoms with Crippen molar-refractivity contribution < 1.29 is 21.6 Å². The van der Waals surface area contributed by atoms with Crippen molar-refractivity contribution in [1.29, 1.82) is 0 Å². The van der Waals surface area contributed by atoms with E-state index in [4.69, 9.17) is 0 Å². The van der Waals surface area contributed by atoms with Gasteiger partial charge < -0.3 is 0 Å². The smallest absolute Gasteiger partial charge is 0.284 e. The van der Waals surface area contributed by atoms with Crippen molar-refractivity contribution in [2.24, 2.45) is 0 Å². The first-order chi connectivity index (χ1) is 10.1. The van der Waals surface area contributed by atoms with Crippen molar-refractivity contribution in [2.45, 2.75) is 13.5 Å². The fourth-order valence-corrected chi connectivity index (χ4v) is 2.37. The van der Waals surface area contributed by atoms with E-state index in [1.807, 2.05) is 4.72 Å². The average molecular weight is 336 g/mol. The molecule has 11 heteroatoms. The van der Waals surface area contributed by atoms with Crippen LogP contribution in [0.4, 0.5) is 18.9 Å². The molecule has 0 radical (unpaired) electrons. The largest absolute Gasteiger partial charge is 0.355 e. The zero-order valence-corrected chi connectivity index (χ0v) is 12.2. The number of halogens is 3. The molecule has 7 nitrogen and oxygen atoms in total. The molecule has 0 saturated heterocycles. The maximum absolute atomic E-state index is 14.0. The molecule has 1 aromatic heterocycles. The minimum absolute atomic E-state index is 0.0678. The summed E-state index contributed by atoms with van der Waals surface area (Å²) in [5.41, 5.74) is -1.64. The summed E-state index contributed by atoms with van der Waals surface area (Å²) in [6, 6.07) is 3.06. The lowest BCUT2D eigenvalue weighted by Gasteiger charge is -2.06. The summed E-state index contributed by atoms with van der Waals surface area (Å²) in [5, 5.41) is 3.58. The fraction of sp³-hybridized carbons (Fsp3) is 0.273. The first-order valence-corrected chi connectivity index (χ1v) is 7.73. The molecule has 0 saturated carbocycles. The van der Waals surface area contributed by atoms with Crippen LogP contribution in [0.2, 0.25) is 0 Å². The van der Waals surface area contributed by atoms with E-state index < -0.39 is 28.1 Å². The van der Waals surface area contributed by atoms with Gasteiger partial charge in [-0.2, -0.15) is 13.5 Å². The molecule has 2 rings (SSSR count). The van der Waals surface area contributed by atoms with Crippen molar-refractivity contribution in [2.75, 3.05) is 11.0 Å². The normalized spacial score (nSPS) is 11.9. The Morgan fingerprint density at radius 1 is 1.32 bits per heavy atom. The van der Waals surface area contributed by atoms with Crippen LogP contribution >= 0.6 is 0 Å². The number of anilines is 1. The molecule has 0 amide bonds. The third-order valence-electron chi connectivity index (χ3n) is 2.65. The van der Waals surface area contributed by atoms with Gasteiger partial charge in [0.05, 0.1) is 11.9 Å².